The highest BCUT2D eigenvalue weighted by Gasteiger charge is 2.66. The second-order valence-corrected chi connectivity index (χ2v) is 7.78. The lowest BCUT2D eigenvalue weighted by Crippen LogP contribution is -2.44. The van der Waals surface area contributed by atoms with Gasteiger partial charge in [-0.05, 0) is 51.5 Å². The molecular weight excluding hydrogens is 296 g/mol. The van der Waals surface area contributed by atoms with Gasteiger partial charge in [0.15, 0.2) is 0 Å². The first-order valence-electron chi connectivity index (χ1n) is 8.16. The molecule has 23 heavy (non-hydrogen) atoms. The molecule has 1 saturated carbocycles. The minimum absolute atomic E-state index is 0.0225. The van der Waals surface area contributed by atoms with Crippen molar-refractivity contribution in [2.24, 2.45) is 10.8 Å². The first-order chi connectivity index (χ1) is 10.7. The van der Waals surface area contributed by atoms with Crippen LogP contribution in [-0.4, -0.2) is 53.8 Å². The number of likely N-dealkylation sites (tertiary alicyclic amines) is 1. The van der Waals surface area contributed by atoms with Crippen LogP contribution in [0.15, 0.2) is 12.7 Å². The SMILES string of the molecule is C=CC(=O)NCC1(CO)CC12CCN(C(=O)OC(C)(C)C)CC2. The molecule has 2 aliphatic rings. The van der Waals surface area contributed by atoms with Gasteiger partial charge in [-0.25, -0.2) is 4.79 Å². The Bertz CT molecular complexity index is 489. The average Bonchev–Trinajstić information content (AvgIpc) is 3.10. The number of carbonyl (C=O) groups is 2. The molecule has 1 aliphatic heterocycles. The van der Waals surface area contributed by atoms with Crippen LogP contribution in [0.4, 0.5) is 4.79 Å². The molecule has 0 aromatic heterocycles. The zero-order valence-electron chi connectivity index (χ0n) is 14.4. The van der Waals surface area contributed by atoms with E-state index in [9.17, 15) is 14.7 Å². The Hall–Kier alpha value is -1.56. The molecule has 1 aliphatic carbocycles. The van der Waals surface area contributed by atoms with Crippen LogP contribution in [0.2, 0.25) is 0 Å². The van der Waals surface area contributed by atoms with Gasteiger partial charge in [-0.3, -0.25) is 4.79 Å². The molecule has 1 unspecified atom stereocenters. The summed E-state index contributed by atoms with van der Waals surface area (Å²) in [5, 5.41) is 12.6. The fraction of sp³-hybridized carbons (Fsp3) is 0.765. The quantitative estimate of drug-likeness (QED) is 0.771. The van der Waals surface area contributed by atoms with Gasteiger partial charge in [-0.1, -0.05) is 6.58 Å². The molecule has 0 radical (unpaired) electrons. The Labute approximate surface area is 137 Å². The Morgan fingerprint density at radius 3 is 2.43 bits per heavy atom. The summed E-state index contributed by atoms with van der Waals surface area (Å²) < 4.78 is 5.41. The van der Waals surface area contributed by atoms with Crippen molar-refractivity contribution in [2.75, 3.05) is 26.2 Å². The molecule has 2 N–H and O–H groups in total. The standard InChI is InChI=1S/C17H28N2O4/c1-5-13(21)18-11-17(12-20)10-16(17)6-8-19(9-7-16)14(22)23-15(2,3)4/h5,20H,1,6-12H2,2-4H3,(H,18,21). The van der Waals surface area contributed by atoms with Gasteiger partial charge in [0.25, 0.3) is 0 Å². The molecule has 1 atom stereocenters. The number of aliphatic hydroxyl groups excluding tert-OH is 1. The number of hydrogen-bond donors (Lipinski definition) is 2. The summed E-state index contributed by atoms with van der Waals surface area (Å²) in [6, 6.07) is 0. The lowest BCUT2D eigenvalue weighted by molar-refractivity contribution is -0.116. The zero-order chi connectivity index (χ0) is 17.3. The molecular formula is C17H28N2O4. The van der Waals surface area contributed by atoms with Crippen LogP contribution in [0.25, 0.3) is 0 Å². The number of rotatable bonds is 4. The van der Waals surface area contributed by atoms with E-state index >= 15 is 0 Å². The first-order valence-corrected chi connectivity index (χ1v) is 8.16. The molecule has 2 fully saturated rings. The van der Waals surface area contributed by atoms with Crippen molar-refractivity contribution < 1.29 is 19.4 Å². The van der Waals surface area contributed by atoms with Crippen molar-refractivity contribution in [3.8, 4) is 0 Å². The average molecular weight is 324 g/mol. The van der Waals surface area contributed by atoms with E-state index in [1.165, 1.54) is 6.08 Å². The van der Waals surface area contributed by atoms with Crippen LogP contribution in [0.1, 0.15) is 40.0 Å². The number of ether oxygens (including phenoxy) is 1. The normalized spacial score (nSPS) is 25.8. The third-order valence-corrected chi connectivity index (χ3v) is 5.14. The number of nitrogens with one attached hydrogen (secondary N) is 1. The highest BCUT2D eigenvalue weighted by molar-refractivity contribution is 5.86. The van der Waals surface area contributed by atoms with E-state index < -0.39 is 5.60 Å². The van der Waals surface area contributed by atoms with Gasteiger partial charge in [0.2, 0.25) is 5.91 Å². The summed E-state index contributed by atoms with van der Waals surface area (Å²) in [6.45, 7) is 10.8. The monoisotopic (exact) mass is 324 g/mol. The van der Waals surface area contributed by atoms with Crippen LogP contribution in [0.3, 0.4) is 0 Å². The molecule has 130 valence electrons. The van der Waals surface area contributed by atoms with Gasteiger partial charge < -0.3 is 20.1 Å². The molecule has 1 heterocycles. The summed E-state index contributed by atoms with van der Waals surface area (Å²) in [6.07, 6.45) is 3.51. The minimum atomic E-state index is -0.490. The number of piperidine rings is 1. The maximum Gasteiger partial charge on any atom is 0.410 e. The van der Waals surface area contributed by atoms with Crippen molar-refractivity contribution in [3.05, 3.63) is 12.7 Å². The Morgan fingerprint density at radius 1 is 1.35 bits per heavy atom. The van der Waals surface area contributed by atoms with Crippen molar-refractivity contribution >= 4 is 12.0 Å². The molecule has 2 amide bonds. The predicted molar refractivity (Wildman–Crippen MR) is 86.8 cm³/mol. The Kier molecular flexibility index (Phi) is 4.76. The van der Waals surface area contributed by atoms with E-state index in [1.807, 2.05) is 20.8 Å². The maximum absolute atomic E-state index is 12.1. The van der Waals surface area contributed by atoms with Crippen LogP contribution in [0.5, 0.6) is 0 Å². The zero-order valence-corrected chi connectivity index (χ0v) is 14.4. The molecule has 0 bridgehead atoms. The van der Waals surface area contributed by atoms with Gasteiger partial charge in [0.1, 0.15) is 5.60 Å². The third-order valence-electron chi connectivity index (χ3n) is 5.14. The fourth-order valence-electron chi connectivity index (χ4n) is 3.61. The van der Waals surface area contributed by atoms with Crippen LogP contribution in [-0.2, 0) is 9.53 Å². The number of carbonyl (C=O) groups excluding carboxylic acids is 2. The smallest absolute Gasteiger partial charge is 0.410 e. The maximum atomic E-state index is 12.1. The summed E-state index contributed by atoms with van der Waals surface area (Å²) >= 11 is 0. The van der Waals surface area contributed by atoms with Crippen molar-refractivity contribution in [2.45, 2.75) is 45.6 Å². The Balaban J connectivity index is 1.90. The van der Waals surface area contributed by atoms with E-state index in [0.29, 0.717) is 19.6 Å². The lowest BCUT2D eigenvalue weighted by atomic mass is 9.84. The molecule has 6 nitrogen and oxygen atoms in total. The van der Waals surface area contributed by atoms with Gasteiger partial charge >= 0.3 is 6.09 Å². The summed E-state index contributed by atoms with van der Waals surface area (Å²) in [4.78, 5) is 25.2. The van der Waals surface area contributed by atoms with Crippen LogP contribution >= 0.6 is 0 Å². The topological polar surface area (TPSA) is 78.9 Å². The summed E-state index contributed by atoms with van der Waals surface area (Å²) in [7, 11) is 0. The highest BCUT2D eigenvalue weighted by Crippen LogP contribution is 2.68. The number of aliphatic hydroxyl groups is 1. The van der Waals surface area contributed by atoms with E-state index in [2.05, 4.69) is 11.9 Å². The van der Waals surface area contributed by atoms with Gasteiger partial charge in [0.05, 0.1) is 6.61 Å². The fourth-order valence-corrected chi connectivity index (χ4v) is 3.61. The van der Waals surface area contributed by atoms with Crippen LogP contribution < -0.4 is 5.32 Å². The summed E-state index contributed by atoms with van der Waals surface area (Å²) in [5.74, 6) is -0.217. The van der Waals surface area contributed by atoms with E-state index in [-0.39, 0.29) is 29.4 Å². The number of amides is 2. The van der Waals surface area contributed by atoms with Gasteiger partial charge in [-0.15, -0.1) is 0 Å². The number of nitrogens with zero attached hydrogens (tertiary/aromatic N) is 1. The summed E-state index contributed by atoms with van der Waals surface area (Å²) in [5.41, 5.74) is -0.726. The van der Waals surface area contributed by atoms with E-state index in [4.69, 9.17) is 4.74 Å². The minimum Gasteiger partial charge on any atom is -0.444 e. The van der Waals surface area contributed by atoms with Gasteiger partial charge in [-0.2, -0.15) is 0 Å². The van der Waals surface area contributed by atoms with Crippen LogP contribution in [0, 0.1) is 10.8 Å². The highest BCUT2D eigenvalue weighted by atomic mass is 16.6. The van der Waals surface area contributed by atoms with Crippen molar-refractivity contribution in [1.29, 1.82) is 0 Å². The number of hydrogen-bond acceptors (Lipinski definition) is 4. The van der Waals surface area contributed by atoms with Crippen molar-refractivity contribution in [1.82, 2.24) is 10.2 Å². The molecule has 2 rings (SSSR count). The second kappa shape index (κ2) is 6.15. The molecule has 0 aromatic carbocycles. The lowest BCUT2D eigenvalue weighted by Gasteiger charge is -2.36. The molecule has 1 spiro atoms. The third kappa shape index (κ3) is 3.68. The molecule has 1 saturated heterocycles. The van der Waals surface area contributed by atoms with Gasteiger partial charge in [0, 0.05) is 25.0 Å². The van der Waals surface area contributed by atoms with Crippen molar-refractivity contribution in [3.63, 3.8) is 0 Å². The Morgan fingerprint density at radius 2 is 1.96 bits per heavy atom. The first kappa shape index (κ1) is 17.8. The van der Waals surface area contributed by atoms with E-state index in [0.717, 1.165) is 19.3 Å². The molecule has 6 heteroatoms. The largest absolute Gasteiger partial charge is 0.444 e. The second-order valence-electron chi connectivity index (χ2n) is 7.78. The van der Waals surface area contributed by atoms with E-state index in [1.54, 1.807) is 4.90 Å². The predicted octanol–water partition coefficient (Wildman–Crippen LogP) is 1.69. The molecule has 0 aromatic rings.